The average Bonchev–Trinajstić information content (AvgIpc) is 2.71. The van der Waals surface area contributed by atoms with Crippen LogP contribution in [0.2, 0.25) is 10.0 Å². The van der Waals surface area contributed by atoms with E-state index in [0.717, 1.165) is 31.6 Å². The Labute approximate surface area is 106 Å². The predicted molar refractivity (Wildman–Crippen MR) is 68.5 cm³/mol. The van der Waals surface area contributed by atoms with Gasteiger partial charge in [-0.2, -0.15) is 0 Å². The van der Waals surface area contributed by atoms with Crippen LogP contribution in [0.4, 0.5) is 5.69 Å². The Balaban J connectivity index is 2.05. The van der Waals surface area contributed by atoms with Crippen LogP contribution in [-0.2, 0) is 0 Å². The summed E-state index contributed by atoms with van der Waals surface area (Å²) < 4.78 is 0. The lowest BCUT2D eigenvalue weighted by molar-refractivity contribution is 0.263. The van der Waals surface area contributed by atoms with Crippen LogP contribution in [0.5, 0.6) is 0 Å². The molecule has 1 fully saturated rings. The molecule has 0 unspecified atom stereocenters. The highest BCUT2D eigenvalue weighted by Crippen LogP contribution is 2.30. The summed E-state index contributed by atoms with van der Waals surface area (Å²) in [5, 5.41) is 10.1. The van der Waals surface area contributed by atoms with Gasteiger partial charge in [0.15, 0.2) is 0 Å². The SMILES string of the molecule is OCC[C@@H]1CCN(c2ccc(Cl)c(Cl)c2)C1. The van der Waals surface area contributed by atoms with E-state index in [2.05, 4.69) is 4.90 Å². The minimum Gasteiger partial charge on any atom is -0.396 e. The van der Waals surface area contributed by atoms with Gasteiger partial charge in [-0.05, 0) is 37.0 Å². The number of anilines is 1. The van der Waals surface area contributed by atoms with Crippen molar-refractivity contribution < 1.29 is 5.11 Å². The maximum Gasteiger partial charge on any atom is 0.0612 e. The predicted octanol–water partition coefficient (Wildman–Crippen LogP) is 3.20. The highest BCUT2D eigenvalue weighted by Gasteiger charge is 2.22. The maximum absolute atomic E-state index is 8.91. The monoisotopic (exact) mass is 259 g/mol. The van der Waals surface area contributed by atoms with Crippen LogP contribution < -0.4 is 4.90 Å². The van der Waals surface area contributed by atoms with Crippen LogP contribution in [0.15, 0.2) is 18.2 Å². The van der Waals surface area contributed by atoms with Gasteiger partial charge in [-0.15, -0.1) is 0 Å². The van der Waals surface area contributed by atoms with Crippen LogP contribution in [-0.4, -0.2) is 24.8 Å². The molecular formula is C12H15Cl2NO. The number of aliphatic hydroxyl groups is 1. The smallest absolute Gasteiger partial charge is 0.0612 e. The third-order valence-electron chi connectivity index (χ3n) is 3.09. The summed E-state index contributed by atoms with van der Waals surface area (Å²) in [6, 6.07) is 5.74. The Hall–Kier alpha value is -0.440. The quantitative estimate of drug-likeness (QED) is 0.902. The van der Waals surface area contributed by atoms with Crippen molar-refractivity contribution in [3.63, 3.8) is 0 Å². The molecule has 0 aromatic heterocycles. The molecule has 1 aromatic rings. The van der Waals surface area contributed by atoms with Crippen LogP contribution in [0.25, 0.3) is 0 Å². The molecule has 0 radical (unpaired) electrons. The zero-order valence-electron chi connectivity index (χ0n) is 9.00. The maximum atomic E-state index is 8.91. The lowest BCUT2D eigenvalue weighted by Gasteiger charge is -2.19. The Morgan fingerprint density at radius 3 is 2.81 bits per heavy atom. The number of halogens is 2. The fraction of sp³-hybridized carbons (Fsp3) is 0.500. The lowest BCUT2D eigenvalue weighted by atomic mass is 10.1. The first-order valence-electron chi connectivity index (χ1n) is 5.51. The van der Waals surface area contributed by atoms with E-state index in [9.17, 15) is 0 Å². The topological polar surface area (TPSA) is 23.5 Å². The van der Waals surface area contributed by atoms with Crippen molar-refractivity contribution in [2.75, 3.05) is 24.6 Å². The van der Waals surface area contributed by atoms with Gasteiger partial charge in [0.25, 0.3) is 0 Å². The summed E-state index contributed by atoms with van der Waals surface area (Å²) in [7, 11) is 0. The number of hydrogen-bond donors (Lipinski definition) is 1. The molecule has 0 spiro atoms. The second kappa shape index (κ2) is 5.26. The molecule has 2 nitrogen and oxygen atoms in total. The molecule has 1 saturated heterocycles. The fourth-order valence-electron chi connectivity index (χ4n) is 2.17. The van der Waals surface area contributed by atoms with Crippen molar-refractivity contribution in [2.24, 2.45) is 5.92 Å². The summed E-state index contributed by atoms with van der Waals surface area (Å²) in [6.45, 7) is 2.31. The molecule has 0 aliphatic carbocycles. The van der Waals surface area contributed by atoms with E-state index in [1.165, 1.54) is 0 Å². The van der Waals surface area contributed by atoms with Crippen molar-refractivity contribution in [3.05, 3.63) is 28.2 Å². The van der Waals surface area contributed by atoms with E-state index in [0.29, 0.717) is 16.0 Å². The Morgan fingerprint density at radius 1 is 1.31 bits per heavy atom. The van der Waals surface area contributed by atoms with E-state index in [-0.39, 0.29) is 6.61 Å². The van der Waals surface area contributed by atoms with E-state index in [1.54, 1.807) is 0 Å². The normalized spacial score (nSPS) is 20.4. The van der Waals surface area contributed by atoms with E-state index in [1.807, 2.05) is 18.2 Å². The van der Waals surface area contributed by atoms with Gasteiger partial charge in [0.2, 0.25) is 0 Å². The van der Waals surface area contributed by atoms with Crippen molar-refractivity contribution >= 4 is 28.9 Å². The summed E-state index contributed by atoms with van der Waals surface area (Å²) in [6.07, 6.45) is 2.03. The molecule has 0 amide bonds. The van der Waals surface area contributed by atoms with Gasteiger partial charge in [-0.1, -0.05) is 23.2 Å². The Bertz CT molecular complexity index is 370. The molecule has 1 aliphatic rings. The third-order valence-corrected chi connectivity index (χ3v) is 3.83. The summed E-state index contributed by atoms with van der Waals surface area (Å²) >= 11 is 11.9. The molecule has 1 aromatic carbocycles. The minimum atomic E-state index is 0.278. The second-order valence-corrected chi connectivity index (χ2v) is 5.03. The van der Waals surface area contributed by atoms with Gasteiger partial charge < -0.3 is 10.0 Å². The van der Waals surface area contributed by atoms with Gasteiger partial charge in [0.1, 0.15) is 0 Å². The molecule has 1 atom stereocenters. The first-order chi connectivity index (χ1) is 7.70. The largest absolute Gasteiger partial charge is 0.396 e. The molecule has 1 heterocycles. The van der Waals surface area contributed by atoms with Crippen LogP contribution >= 0.6 is 23.2 Å². The minimum absolute atomic E-state index is 0.278. The van der Waals surface area contributed by atoms with E-state index < -0.39 is 0 Å². The molecule has 88 valence electrons. The molecular weight excluding hydrogens is 245 g/mol. The molecule has 4 heteroatoms. The Morgan fingerprint density at radius 2 is 2.12 bits per heavy atom. The molecule has 2 rings (SSSR count). The van der Waals surface area contributed by atoms with Crippen molar-refractivity contribution in [1.29, 1.82) is 0 Å². The standard InChI is InChI=1S/C12H15Cl2NO/c13-11-2-1-10(7-12(11)14)15-5-3-9(8-15)4-6-16/h1-2,7,9,16H,3-6,8H2/t9-/m0/s1. The van der Waals surface area contributed by atoms with Gasteiger partial charge in [0, 0.05) is 25.4 Å². The molecule has 1 aliphatic heterocycles. The summed E-state index contributed by atoms with van der Waals surface area (Å²) in [5.74, 6) is 0.597. The lowest BCUT2D eigenvalue weighted by Crippen LogP contribution is -2.19. The summed E-state index contributed by atoms with van der Waals surface area (Å²) in [4.78, 5) is 2.29. The van der Waals surface area contributed by atoms with Gasteiger partial charge >= 0.3 is 0 Å². The first-order valence-corrected chi connectivity index (χ1v) is 6.27. The average molecular weight is 260 g/mol. The highest BCUT2D eigenvalue weighted by atomic mass is 35.5. The number of benzene rings is 1. The Kier molecular flexibility index (Phi) is 3.95. The number of rotatable bonds is 3. The fourth-order valence-corrected chi connectivity index (χ4v) is 2.46. The van der Waals surface area contributed by atoms with Crippen molar-refractivity contribution in [2.45, 2.75) is 12.8 Å². The van der Waals surface area contributed by atoms with Crippen molar-refractivity contribution in [3.8, 4) is 0 Å². The highest BCUT2D eigenvalue weighted by molar-refractivity contribution is 6.42. The second-order valence-electron chi connectivity index (χ2n) is 4.21. The third kappa shape index (κ3) is 2.62. The van der Waals surface area contributed by atoms with E-state index >= 15 is 0 Å². The zero-order chi connectivity index (χ0) is 11.5. The number of aliphatic hydroxyl groups excluding tert-OH is 1. The van der Waals surface area contributed by atoms with Crippen LogP contribution in [0, 0.1) is 5.92 Å². The van der Waals surface area contributed by atoms with Crippen LogP contribution in [0.1, 0.15) is 12.8 Å². The van der Waals surface area contributed by atoms with E-state index in [4.69, 9.17) is 28.3 Å². The first kappa shape index (κ1) is 12.0. The van der Waals surface area contributed by atoms with Crippen molar-refractivity contribution in [1.82, 2.24) is 0 Å². The van der Waals surface area contributed by atoms with Gasteiger partial charge in [-0.3, -0.25) is 0 Å². The van der Waals surface area contributed by atoms with Gasteiger partial charge in [0.05, 0.1) is 10.0 Å². The molecule has 0 saturated carbocycles. The summed E-state index contributed by atoms with van der Waals surface area (Å²) in [5.41, 5.74) is 1.12. The van der Waals surface area contributed by atoms with Gasteiger partial charge in [-0.25, -0.2) is 0 Å². The number of hydrogen-bond acceptors (Lipinski definition) is 2. The molecule has 0 bridgehead atoms. The zero-order valence-corrected chi connectivity index (χ0v) is 10.5. The molecule has 1 N–H and O–H groups in total. The number of nitrogens with zero attached hydrogens (tertiary/aromatic N) is 1. The molecule has 16 heavy (non-hydrogen) atoms. The van der Waals surface area contributed by atoms with Crippen LogP contribution in [0.3, 0.4) is 0 Å².